The summed E-state index contributed by atoms with van der Waals surface area (Å²) in [5.74, 6) is -0.166. The molecule has 1 amide bonds. The lowest BCUT2D eigenvalue weighted by molar-refractivity contribution is -0.120. The molecular formula is C13H17ClN2O3. The topological polar surface area (TPSA) is 67.4 Å². The lowest BCUT2D eigenvalue weighted by Gasteiger charge is -2.22. The predicted molar refractivity (Wildman–Crippen MR) is 74.9 cm³/mol. The maximum absolute atomic E-state index is 11.9. The molecule has 1 aromatic rings. The van der Waals surface area contributed by atoms with Crippen LogP contribution in [0.5, 0.6) is 0 Å². The van der Waals surface area contributed by atoms with Crippen LogP contribution in [0.4, 0.5) is 5.69 Å². The average Bonchev–Trinajstić information content (AvgIpc) is 2.40. The van der Waals surface area contributed by atoms with Gasteiger partial charge in [-0.05, 0) is 19.1 Å². The molecule has 19 heavy (non-hydrogen) atoms. The lowest BCUT2D eigenvalue weighted by atomic mass is 10.1. The van der Waals surface area contributed by atoms with Crippen molar-refractivity contribution >= 4 is 29.8 Å². The number of ketones is 1. The monoisotopic (exact) mass is 284 g/mol. The second kappa shape index (κ2) is 7.23. The molecule has 1 atom stereocenters. The highest BCUT2D eigenvalue weighted by Crippen LogP contribution is 2.11. The fourth-order valence-corrected chi connectivity index (χ4v) is 1.78. The number of anilines is 1. The number of ether oxygens (including phenoxy) is 1. The minimum atomic E-state index is -0.334. The largest absolute Gasteiger partial charge is 0.378 e. The molecule has 0 bridgehead atoms. The van der Waals surface area contributed by atoms with E-state index in [2.05, 4.69) is 10.6 Å². The summed E-state index contributed by atoms with van der Waals surface area (Å²) in [6.07, 6.45) is 0. The van der Waals surface area contributed by atoms with Crippen molar-refractivity contribution in [3.8, 4) is 0 Å². The van der Waals surface area contributed by atoms with Gasteiger partial charge < -0.3 is 15.4 Å². The van der Waals surface area contributed by atoms with E-state index >= 15 is 0 Å². The average molecular weight is 285 g/mol. The van der Waals surface area contributed by atoms with E-state index in [1.807, 2.05) is 0 Å². The van der Waals surface area contributed by atoms with Crippen molar-refractivity contribution < 1.29 is 14.3 Å². The van der Waals surface area contributed by atoms with Crippen molar-refractivity contribution in [3.05, 3.63) is 29.8 Å². The Hall–Kier alpha value is -1.43. The molecule has 0 aliphatic carbocycles. The lowest BCUT2D eigenvalue weighted by Crippen LogP contribution is -2.48. The van der Waals surface area contributed by atoms with Gasteiger partial charge in [0.2, 0.25) is 5.91 Å². The van der Waals surface area contributed by atoms with Gasteiger partial charge in [0.1, 0.15) is 6.04 Å². The first-order chi connectivity index (χ1) is 8.66. The Bertz CT molecular complexity index is 459. The fourth-order valence-electron chi connectivity index (χ4n) is 1.78. The van der Waals surface area contributed by atoms with E-state index in [1.165, 1.54) is 6.92 Å². The summed E-state index contributed by atoms with van der Waals surface area (Å²) in [5.41, 5.74) is 1.21. The van der Waals surface area contributed by atoms with Gasteiger partial charge in [0.05, 0.1) is 13.2 Å². The van der Waals surface area contributed by atoms with Gasteiger partial charge in [-0.3, -0.25) is 9.59 Å². The molecule has 2 rings (SSSR count). The van der Waals surface area contributed by atoms with E-state index in [4.69, 9.17) is 4.74 Å². The molecule has 1 fully saturated rings. The van der Waals surface area contributed by atoms with E-state index < -0.39 is 0 Å². The zero-order valence-corrected chi connectivity index (χ0v) is 11.5. The van der Waals surface area contributed by atoms with Crippen molar-refractivity contribution in [1.82, 2.24) is 5.32 Å². The molecule has 1 unspecified atom stereocenters. The van der Waals surface area contributed by atoms with Crippen LogP contribution in [0.15, 0.2) is 24.3 Å². The molecule has 1 saturated heterocycles. The first kappa shape index (κ1) is 15.6. The number of amides is 1. The highest BCUT2D eigenvalue weighted by Gasteiger charge is 2.21. The van der Waals surface area contributed by atoms with Crippen LogP contribution in [0.3, 0.4) is 0 Å². The van der Waals surface area contributed by atoms with E-state index in [1.54, 1.807) is 24.3 Å². The Kier molecular flexibility index (Phi) is 5.95. The Labute approximate surface area is 118 Å². The molecule has 0 spiro atoms. The third-order valence-electron chi connectivity index (χ3n) is 2.77. The van der Waals surface area contributed by atoms with Crippen LogP contribution in [-0.4, -0.2) is 37.5 Å². The van der Waals surface area contributed by atoms with Gasteiger partial charge in [-0.15, -0.1) is 12.4 Å². The van der Waals surface area contributed by atoms with Crippen LogP contribution >= 0.6 is 12.4 Å². The molecule has 1 aliphatic heterocycles. The molecule has 1 aliphatic rings. The summed E-state index contributed by atoms with van der Waals surface area (Å²) in [5, 5.41) is 5.85. The number of nitrogens with one attached hydrogen (secondary N) is 2. The van der Waals surface area contributed by atoms with E-state index in [0.29, 0.717) is 31.0 Å². The molecule has 5 nitrogen and oxygen atoms in total. The maximum atomic E-state index is 11.9. The summed E-state index contributed by atoms with van der Waals surface area (Å²) in [7, 11) is 0. The van der Waals surface area contributed by atoms with Crippen LogP contribution in [0, 0.1) is 0 Å². The molecule has 1 aromatic carbocycles. The third-order valence-corrected chi connectivity index (χ3v) is 2.77. The zero-order chi connectivity index (χ0) is 13.0. The maximum Gasteiger partial charge on any atom is 0.243 e. The van der Waals surface area contributed by atoms with Gasteiger partial charge >= 0.3 is 0 Å². The Morgan fingerprint density at radius 1 is 1.42 bits per heavy atom. The minimum Gasteiger partial charge on any atom is -0.378 e. The van der Waals surface area contributed by atoms with Gasteiger partial charge in [-0.25, -0.2) is 0 Å². The number of carbonyl (C=O) groups is 2. The standard InChI is InChI=1S/C13H16N2O3.ClH/c1-9(16)10-3-2-4-11(7-10)15-13(17)12-8-18-6-5-14-12;/h2-4,7,12,14H,5-6,8H2,1H3,(H,15,17);1H. The quantitative estimate of drug-likeness (QED) is 0.820. The van der Waals surface area contributed by atoms with Gasteiger partial charge in [0, 0.05) is 17.8 Å². The molecule has 0 radical (unpaired) electrons. The van der Waals surface area contributed by atoms with Crippen LogP contribution in [0.2, 0.25) is 0 Å². The Morgan fingerprint density at radius 3 is 2.84 bits per heavy atom. The second-order valence-electron chi connectivity index (χ2n) is 4.21. The minimum absolute atomic E-state index is 0. The molecule has 104 valence electrons. The number of hydrogen-bond donors (Lipinski definition) is 2. The van der Waals surface area contributed by atoms with E-state index in [0.717, 1.165) is 0 Å². The Morgan fingerprint density at radius 2 is 2.21 bits per heavy atom. The summed E-state index contributed by atoms with van der Waals surface area (Å²) < 4.78 is 5.23. The van der Waals surface area contributed by atoms with Crippen LogP contribution in [0.1, 0.15) is 17.3 Å². The number of carbonyl (C=O) groups excluding carboxylic acids is 2. The Balaban J connectivity index is 0.00000180. The molecule has 2 N–H and O–H groups in total. The van der Waals surface area contributed by atoms with Crippen molar-refractivity contribution in [3.63, 3.8) is 0 Å². The summed E-state index contributed by atoms with van der Waals surface area (Å²) in [4.78, 5) is 23.2. The SMILES string of the molecule is CC(=O)c1cccc(NC(=O)C2COCCN2)c1.Cl. The van der Waals surface area contributed by atoms with E-state index in [9.17, 15) is 9.59 Å². The van der Waals surface area contributed by atoms with Gasteiger partial charge in [0.15, 0.2) is 5.78 Å². The number of morpholine rings is 1. The zero-order valence-electron chi connectivity index (χ0n) is 10.6. The number of halogens is 1. The highest BCUT2D eigenvalue weighted by molar-refractivity contribution is 5.98. The van der Waals surface area contributed by atoms with Gasteiger partial charge in [-0.2, -0.15) is 0 Å². The van der Waals surface area contributed by atoms with Crippen molar-refractivity contribution in [1.29, 1.82) is 0 Å². The fraction of sp³-hybridized carbons (Fsp3) is 0.385. The van der Waals surface area contributed by atoms with Crippen molar-refractivity contribution in [2.24, 2.45) is 0 Å². The first-order valence-corrected chi connectivity index (χ1v) is 5.90. The van der Waals surface area contributed by atoms with Gasteiger partial charge in [0.25, 0.3) is 0 Å². The van der Waals surface area contributed by atoms with E-state index in [-0.39, 0.29) is 30.1 Å². The number of hydrogen-bond acceptors (Lipinski definition) is 4. The van der Waals surface area contributed by atoms with Gasteiger partial charge in [-0.1, -0.05) is 12.1 Å². The highest BCUT2D eigenvalue weighted by atomic mass is 35.5. The third kappa shape index (κ3) is 4.31. The molecule has 1 heterocycles. The van der Waals surface area contributed by atoms with Crippen LogP contribution < -0.4 is 10.6 Å². The second-order valence-corrected chi connectivity index (χ2v) is 4.21. The number of rotatable bonds is 3. The smallest absolute Gasteiger partial charge is 0.243 e. The number of benzene rings is 1. The van der Waals surface area contributed by atoms with Crippen LogP contribution in [-0.2, 0) is 9.53 Å². The van der Waals surface area contributed by atoms with Crippen molar-refractivity contribution in [2.75, 3.05) is 25.1 Å². The van der Waals surface area contributed by atoms with Crippen LogP contribution in [0.25, 0.3) is 0 Å². The first-order valence-electron chi connectivity index (χ1n) is 5.90. The number of Topliss-reactive ketones (excluding diaryl/α,β-unsaturated/α-hetero) is 1. The molecule has 0 aromatic heterocycles. The summed E-state index contributed by atoms with van der Waals surface area (Å²) >= 11 is 0. The normalized spacial score (nSPS) is 18.3. The predicted octanol–water partition coefficient (Wildman–Crippen LogP) is 1.24. The van der Waals surface area contributed by atoms with Crippen molar-refractivity contribution in [2.45, 2.75) is 13.0 Å². The molecular weight excluding hydrogens is 268 g/mol. The summed E-state index contributed by atoms with van der Waals surface area (Å²) in [6.45, 7) is 3.17. The molecule has 6 heteroatoms. The molecule has 0 saturated carbocycles. The summed E-state index contributed by atoms with van der Waals surface area (Å²) in [6, 6.07) is 6.56.